The van der Waals surface area contributed by atoms with Crippen LogP contribution in [0, 0.1) is 0 Å². The molecule has 1 atom stereocenters. The number of hydrogen-bond acceptors (Lipinski definition) is 3. The lowest BCUT2D eigenvalue weighted by Gasteiger charge is -2.32. The molecule has 1 unspecified atom stereocenters. The number of primary amides is 1. The van der Waals surface area contributed by atoms with Crippen molar-refractivity contribution in [2.24, 2.45) is 5.73 Å². The topological polar surface area (TPSA) is 87.5 Å². The third-order valence-corrected chi connectivity index (χ3v) is 3.52. The van der Waals surface area contributed by atoms with Crippen LogP contribution in [0.1, 0.15) is 23.2 Å². The summed E-state index contributed by atoms with van der Waals surface area (Å²) in [6, 6.07) is 6.52. The maximum absolute atomic E-state index is 12.4. The summed E-state index contributed by atoms with van der Waals surface area (Å²) in [7, 11) is 1.92. The molecule has 21 heavy (non-hydrogen) atoms. The molecule has 1 saturated heterocycles. The zero-order valence-electron chi connectivity index (χ0n) is 12.0. The Balaban J connectivity index is 0.00000220. The normalized spacial score (nSPS) is 17.8. The van der Waals surface area contributed by atoms with Crippen LogP contribution in [-0.2, 0) is 0 Å². The van der Waals surface area contributed by atoms with Crippen LogP contribution in [0.5, 0.6) is 0 Å². The molecule has 1 aliphatic rings. The minimum absolute atomic E-state index is 0. The van der Waals surface area contributed by atoms with Gasteiger partial charge in [-0.2, -0.15) is 0 Å². The zero-order valence-corrected chi connectivity index (χ0v) is 12.8. The number of nitrogens with two attached hydrogens (primary N) is 1. The molecule has 0 aliphatic carbocycles. The number of likely N-dealkylation sites (N-methyl/N-ethyl adjacent to an activating group) is 1. The largest absolute Gasteiger partial charge is 0.351 e. The molecule has 2 rings (SSSR count). The molecule has 1 aromatic carbocycles. The van der Waals surface area contributed by atoms with E-state index in [1.807, 2.05) is 11.9 Å². The number of hydrogen-bond donors (Lipinski definition) is 3. The molecule has 1 aromatic rings. The molecule has 0 saturated carbocycles. The van der Waals surface area contributed by atoms with Gasteiger partial charge in [-0.15, -0.1) is 12.4 Å². The van der Waals surface area contributed by atoms with Crippen molar-refractivity contribution in [3.63, 3.8) is 0 Å². The molecule has 0 aromatic heterocycles. The van der Waals surface area contributed by atoms with Crippen molar-refractivity contribution in [1.82, 2.24) is 10.2 Å². The Bertz CT molecular complexity index is 492. The van der Waals surface area contributed by atoms with Gasteiger partial charge < -0.3 is 21.3 Å². The number of anilines is 1. The number of nitrogens with zero attached hydrogens (tertiary/aromatic N) is 1. The molecule has 0 radical (unpaired) electrons. The number of amides is 3. The van der Waals surface area contributed by atoms with Gasteiger partial charge in [0.2, 0.25) is 0 Å². The predicted octanol–water partition coefficient (Wildman–Crippen LogP) is 1.42. The Morgan fingerprint density at radius 1 is 1.29 bits per heavy atom. The fourth-order valence-electron chi connectivity index (χ4n) is 2.42. The number of carbonyl (C=O) groups excluding carboxylic acids is 2. The van der Waals surface area contributed by atoms with E-state index < -0.39 is 6.03 Å². The summed E-state index contributed by atoms with van der Waals surface area (Å²) in [5.74, 6) is 0.0237. The lowest BCUT2D eigenvalue weighted by atomic mass is 10.0. The smallest absolute Gasteiger partial charge is 0.316 e. The third-order valence-electron chi connectivity index (χ3n) is 3.52. The number of benzene rings is 1. The molecule has 6 nitrogen and oxygen atoms in total. The highest BCUT2D eigenvalue weighted by Crippen LogP contribution is 2.15. The zero-order chi connectivity index (χ0) is 14.5. The second-order valence-electron chi connectivity index (χ2n) is 4.95. The van der Waals surface area contributed by atoms with Crippen LogP contribution in [0.15, 0.2) is 24.3 Å². The number of piperidine rings is 1. The van der Waals surface area contributed by atoms with Gasteiger partial charge in [-0.05, 0) is 44.2 Å². The summed E-state index contributed by atoms with van der Waals surface area (Å²) >= 11 is 0. The van der Waals surface area contributed by atoms with E-state index in [1.54, 1.807) is 24.3 Å². The number of likely N-dealkylation sites (tertiary alicyclic amines) is 1. The van der Waals surface area contributed by atoms with Gasteiger partial charge >= 0.3 is 6.03 Å². The van der Waals surface area contributed by atoms with Gasteiger partial charge in [0.15, 0.2) is 0 Å². The molecular weight excluding hydrogens is 292 g/mol. The second kappa shape index (κ2) is 7.85. The number of carbonyl (C=O) groups is 2. The van der Waals surface area contributed by atoms with Gasteiger partial charge in [-0.1, -0.05) is 0 Å². The van der Waals surface area contributed by atoms with Crippen LogP contribution in [-0.4, -0.2) is 43.0 Å². The van der Waals surface area contributed by atoms with Gasteiger partial charge in [-0.25, -0.2) is 4.79 Å². The monoisotopic (exact) mass is 312 g/mol. The highest BCUT2D eigenvalue weighted by atomic mass is 35.5. The third kappa shape index (κ3) is 4.61. The van der Waals surface area contributed by atoms with Crippen LogP contribution >= 0.6 is 12.4 Å². The Kier molecular flexibility index (Phi) is 6.45. The Morgan fingerprint density at radius 2 is 1.95 bits per heavy atom. The van der Waals surface area contributed by atoms with Crippen molar-refractivity contribution in [2.75, 3.05) is 25.5 Å². The van der Waals surface area contributed by atoms with Gasteiger partial charge in [0.25, 0.3) is 5.91 Å². The first-order chi connectivity index (χ1) is 9.60. The summed E-state index contributed by atoms with van der Waals surface area (Å²) in [6.45, 7) is 1.52. The molecule has 116 valence electrons. The van der Waals surface area contributed by atoms with Crippen LogP contribution in [0.4, 0.5) is 10.5 Å². The molecule has 0 spiro atoms. The Labute approximate surface area is 130 Å². The fourth-order valence-corrected chi connectivity index (χ4v) is 2.42. The quantitative estimate of drug-likeness (QED) is 0.789. The van der Waals surface area contributed by atoms with E-state index in [9.17, 15) is 9.59 Å². The highest BCUT2D eigenvalue weighted by molar-refractivity contribution is 5.95. The van der Waals surface area contributed by atoms with Gasteiger partial charge in [-0.3, -0.25) is 4.79 Å². The van der Waals surface area contributed by atoms with E-state index in [0.717, 1.165) is 25.9 Å². The van der Waals surface area contributed by atoms with Crippen molar-refractivity contribution in [1.29, 1.82) is 0 Å². The standard InChI is InChI=1S/C14H20N4O2.ClH/c1-16-12-3-2-8-18(9-12)13(19)10-4-6-11(7-5-10)17-14(15)20;/h4-7,12,16H,2-3,8-9H2,1H3,(H3,15,17,20);1H. The SMILES string of the molecule is CNC1CCCN(C(=O)c2ccc(NC(N)=O)cc2)C1.Cl. The first-order valence-electron chi connectivity index (χ1n) is 6.73. The van der Waals surface area contributed by atoms with E-state index in [0.29, 0.717) is 17.3 Å². The van der Waals surface area contributed by atoms with Crippen LogP contribution in [0.3, 0.4) is 0 Å². The minimum Gasteiger partial charge on any atom is -0.351 e. The maximum atomic E-state index is 12.4. The number of rotatable bonds is 3. The molecule has 0 bridgehead atoms. The number of urea groups is 1. The molecule has 1 heterocycles. The van der Waals surface area contributed by atoms with Gasteiger partial charge in [0.1, 0.15) is 0 Å². The number of halogens is 1. The van der Waals surface area contributed by atoms with Crippen molar-refractivity contribution in [3.05, 3.63) is 29.8 Å². The van der Waals surface area contributed by atoms with Crippen molar-refractivity contribution < 1.29 is 9.59 Å². The van der Waals surface area contributed by atoms with Gasteiger partial charge in [0.05, 0.1) is 0 Å². The van der Waals surface area contributed by atoms with E-state index in [1.165, 1.54) is 0 Å². The first-order valence-corrected chi connectivity index (χ1v) is 6.73. The Hall–Kier alpha value is -1.79. The molecule has 4 N–H and O–H groups in total. The summed E-state index contributed by atoms with van der Waals surface area (Å²) in [6.07, 6.45) is 2.11. The van der Waals surface area contributed by atoms with Crippen LogP contribution < -0.4 is 16.4 Å². The number of nitrogens with one attached hydrogen (secondary N) is 2. The van der Waals surface area contributed by atoms with E-state index in [-0.39, 0.29) is 18.3 Å². The molecule has 3 amide bonds. The fraction of sp³-hybridized carbons (Fsp3) is 0.429. The molecule has 1 aliphatic heterocycles. The van der Waals surface area contributed by atoms with E-state index >= 15 is 0 Å². The maximum Gasteiger partial charge on any atom is 0.316 e. The lowest BCUT2D eigenvalue weighted by molar-refractivity contribution is 0.0698. The van der Waals surface area contributed by atoms with Crippen molar-refractivity contribution in [2.45, 2.75) is 18.9 Å². The van der Waals surface area contributed by atoms with Crippen LogP contribution in [0.25, 0.3) is 0 Å². The molecule has 7 heteroatoms. The average Bonchev–Trinajstić information content (AvgIpc) is 2.47. The van der Waals surface area contributed by atoms with Crippen LogP contribution in [0.2, 0.25) is 0 Å². The predicted molar refractivity (Wildman–Crippen MR) is 84.9 cm³/mol. The summed E-state index contributed by atoms with van der Waals surface area (Å²) in [5.41, 5.74) is 6.24. The summed E-state index contributed by atoms with van der Waals surface area (Å²) < 4.78 is 0. The van der Waals surface area contributed by atoms with Gasteiger partial charge in [0, 0.05) is 30.4 Å². The Morgan fingerprint density at radius 3 is 2.52 bits per heavy atom. The molecular formula is C14H21ClN4O2. The highest BCUT2D eigenvalue weighted by Gasteiger charge is 2.23. The van der Waals surface area contributed by atoms with Crippen molar-refractivity contribution in [3.8, 4) is 0 Å². The minimum atomic E-state index is -0.614. The summed E-state index contributed by atoms with van der Waals surface area (Å²) in [5, 5.41) is 5.69. The second-order valence-corrected chi connectivity index (χ2v) is 4.95. The average molecular weight is 313 g/mol. The first kappa shape index (κ1) is 17.3. The van der Waals surface area contributed by atoms with Crippen molar-refractivity contribution >= 4 is 30.0 Å². The summed E-state index contributed by atoms with van der Waals surface area (Å²) in [4.78, 5) is 25.0. The van der Waals surface area contributed by atoms with E-state index in [4.69, 9.17) is 5.73 Å². The van der Waals surface area contributed by atoms with E-state index in [2.05, 4.69) is 10.6 Å². The lowest BCUT2D eigenvalue weighted by Crippen LogP contribution is -2.46. The molecule has 1 fully saturated rings.